The number of benzene rings is 4. The fourth-order valence-corrected chi connectivity index (χ4v) is 4.49. The Labute approximate surface area is 166 Å². The standard InChI is InChI=1S/C25H16N2O2/c28-25(29)14-9-10-16-15-5-1-2-7-18(15)24-20(19(16)11-14)12-23(27-24)21-13-26-22-8-4-3-6-17(21)22/h1-11,13,26H,12H2,(H,28,29). The highest BCUT2D eigenvalue weighted by Crippen LogP contribution is 2.43. The van der Waals surface area contributed by atoms with Crippen LogP contribution in [0, 0.1) is 0 Å². The first-order chi connectivity index (χ1) is 14.2. The number of carbonyl (C=O) groups is 1. The average Bonchev–Trinajstić information content (AvgIpc) is 3.38. The van der Waals surface area contributed by atoms with E-state index in [1.54, 1.807) is 12.1 Å². The molecule has 0 bridgehead atoms. The predicted molar refractivity (Wildman–Crippen MR) is 117 cm³/mol. The van der Waals surface area contributed by atoms with E-state index in [1.807, 2.05) is 36.5 Å². The molecule has 0 saturated heterocycles. The second-order valence-corrected chi connectivity index (χ2v) is 7.42. The third-order valence-electron chi connectivity index (χ3n) is 5.84. The fraction of sp³-hybridized carbons (Fsp3) is 0.0400. The monoisotopic (exact) mass is 376 g/mol. The van der Waals surface area contributed by atoms with Crippen molar-refractivity contribution in [2.45, 2.75) is 6.42 Å². The van der Waals surface area contributed by atoms with Gasteiger partial charge in [-0.3, -0.25) is 4.99 Å². The van der Waals surface area contributed by atoms with Gasteiger partial charge in [-0.1, -0.05) is 48.5 Å². The van der Waals surface area contributed by atoms with Crippen molar-refractivity contribution in [2.75, 3.05) is 0 Å². The number of aromatic amines is 1. The zero-order chi connectivity index (χ0) is 19.5. The molecule has 0 unspecified atom stereocenters. The third kappa shape index (κ3) is 2.26. The van der Waals surface area contributed by atoms with E-state index in [9.17, 15) is 9.90 Å². The topological polar surface area (TPSA) is 65.4 Å². The Hall–Kier alpha value is -3.92. The number of nitrogens with zero attached hydrogens (tertiary/aromatic N) is 1. The van der Waals surface area contributed by atoms with Gasteiger partial charge in [-0.25, -0.2) is 4.79 Å². The predicted octanol–water partition coefficient (Wildman–Crippen LogP) is 5.85. The smallest absolute Gasteiger partial charge is 0.335 e. The number of carboxylic acids is 1. The number of aliphatic imine (C=N–C) groups is 1. The summed E-state index contributed by atoms with van der Waals surface area (Å²) in [6.45, 7) is 0. The van der Waals surface area contributed by atoms with Crippen molar-refractivity contribution < 1.29 is 9.90 Å². The molecule has 2 heterocycles. The van der Waals surface area contributed by atoms with E-state index in [0.717, 1.165) is 55.0 Å². The Morgan fingerprint density at radius 1 is 0.862 bits per heavy atom. The molecule has 0 atom stereocenters. The van der Waals surface area contributed by atoms with E-state index in [0.29, 0.717) is 12.0 Å². The summed E-state index contributed by atoms with van der Waals surface area (Å²) in [7, 11) is 0. The maximum atomic E-state index is 11.6. The number of fused-ring (bicyclic) bond motifs is 7. The second kappa shape index (κ2) is 5.79. The summed E-state index contributed by atoms with van der Waals surface area (Å²) in [5, 5.41) is 14.9. The highest BCUT2D eigenvalue weighted by atomic mass is 16.4. The maximum absolute atomic E-state index is 11.6. The lowest BCUT2D eigenvalue weighted by molar-refractivity contribution is 0.0697. The Morgan fingerprint density at radius 3 is 2.41 bits per heavy atom. The summed E-state index contributed by atoms with van der Waals surface area (Å²) in [5.74, 6) is -0.912. The first kappa shape index (κ1) is 16.1. The molecule has 1 aromatic heterocycles. The van der Waals surface area contributed by atoms with Crippen LogP contribution in [0.4, 0.5) is 5.69 Å². The lowest BCUT2D eigenvalue weighted by Gasteiger charge is -2.11. The molecule has 0 fully saturated rings. The number of carboxylic acid groups (broad SMARTS) is 1. The molecular weight excluding hydrogens is 360 g/mol. The Kier molecular flexibility index (Phi) is 3.21. The minimum Gasteiger partial charge on any atom is -0.478 e. The van der Waals surface area contributed by atoms with Gasteiger partial charge in [-0.15, -0.1) is 0 Å². The molecule has 4 nitrogen and oxygen atoms in total. The van der Waals surface area contributed by atoms with E-state index in [1.165, 1.54) is 0 Å². The molecule has 5 aromatic rings. The van der Waals surface area contributed by atoms with Gasteiger partial charge >= 0.3 is 5.97 Å². The minimum absolute atomic E-state index is 0.301. The molecule has 1 aliphatic heterocycles. The molecule has 4 heteroatoms. The number of rotatable bonds is 2. The van der Waals surface area contributed by atoms with Crippen LogP contribution in [0.5, 0.6) is 0 Å². The molecule has 0 amide bonds. The van der Waals surface area contributed by atoms with E-state index in [4.69, 9.17) is 4.99 Å². The van der Waals surface area contributed by atoms with Gasteiger partial charge in [0.15, 0.2) is 0 Å². The van der Waals surface area contributed by atoms with Crippen molar-refractivity contribution in [3.8, 4) is 0 Å². The molecule has 2 N–H and O–H groups in total. The summed E-state index contributed by atoms with van der Waals surface area (Å²) >= 11 is 0. The molecule has 29 heavy (non-hydrogen) atoms. The van der Waals surface area contributed by atoms with E-state index < -0.39 is 5.97 Å². The lowest BCUT2D eigenvalue weighted by Crippen LogP contribution is -2.00. The van der Waals surface area contributed by atoms with Crippen LogP contribution in [0.25, 0.3) is 32.4 Å². The van der Waals surface area contributed by atoms with E-state index >= 15 is 0 Å². The third-order valence-corrected chi connectivity index (χ3v) is 5.84. The van der Waals surface area contributed by atoms with Crippen LogP contribution in [-0.2, 0) is 6.42 Å². The number of nitrogens with one attached hydrogen (secondary N) is 1. The summed E-state index contributed by atoms with van der Waals surface area (Å²) in [4.78, 5) is 20.0. The Balaban J connectivity index is 1.65. The molecular formula is C25H16N2O2. The molecule has 138 valence electrons. The van der Waals surface area contributed by atoms with Gasteiger partial charge < -0.3 is 10.1 Å². The summed E-state index contributed by atoms with van der Waals surface area (Å²) < 4.78 is 0. The Bertz CT molecular complexity index is 1510. The van der Waals surface area contributed by atoms with Gasteiger partial charge in [0.1, 0.15) is 0 Å². The van der Waals surface area contributed by atoms with Gasteiger partial charge in [0.2, 0.25) is 0 Å². The zero-order valence-corrected chi connectivity index (χ0v) is 15.4. The van der Waals surface area contributed by atoms with Crippen molar-refractivity contribution in [3.63, 3.8) is 0 Å². The van der Waals surface area contributed by atoms with E-state index in [-0.39, 0.29) is 0 Å². The summed E-state index contributed by atoms with van der Waals surface area (Å²) in [5.41, 5.74) is 5.55. The van der Waals surface area contributed by atoms with Crippen LogP contribution in [0.15, 0.2) is 77.9 Å². The number of para-hydroxylation sites is 1. The van der Waals surface area contributed by atoms with Gasteiger partial charge in [0.25, 0.3) is 0 Å². The van der Waals surface area contributed by atoms with Crippen LogP contribution in [-0.4, -0.2) is 21.8 Å². The number of H-pyrrole nitrogens is 1. The molecule has 4 aromatic carbocycles. The van der Waals surface area contributed by atoms with Crippen LogP contribution >= 0.6 is 0 Å². The largest absolute Gasteiger partial charge is 0.478 e. The molecule has 0 radical (unpaired) electrons. The highest BCUT2D eigenvalue weighted by Gasteiger charge is 2.24. The van der Waals surface area contributed by atoms with Crippen molar-refractivity contribution in [2.24, 2.45) is 4.99 Å². The molecule has 6 rings (SSSR count). The fourth-order valence-electron chi connectivity index (χ4n) is 4.49. The highest BCUT2D eigenvalue weighted by molar-refractivity contribution is 6.22. The first-order valence-electron chi connectivity index (χ1n) is 9.55. The van der Waals surface area contributed by atoms with Gasteiger partial charge in [-0.05, 0) is 39.9 Å². The average molecular weight is 376 g/mol. The number of aromatic carboxylic acids is 1. The van der Waals surface area contributed by atoms with Crippen molar-refractivity contribution in [1.82, 2.24) is 4.98 Å². The minimum atomic E-state index is -0.912. The van der Waals surface area contributed by atoms with Gasteiger partial charge in [0.05, 0.1) is 17.0 Å². The number of hydrogen-bond acceptors (Lipinski definition) is 2. The van der Waals surface area contributed by atoms with Crippen molar-refractivity contribution in [1.29, 1.82) is 0 Å². The number of aromatic nitrogens is 1. The van der Waals surface area contributed by atoms with E-state index in [2.05, 4.69) is 29.2 Å². The number of hydrogen-bond donors (Lipinski definition) is 2. The molecule has 1 aliphatic rings. The molecule has 0 spiro atoms. The van der Waals surface area contributed by atoms with Crippen LogP contribution in [0.1, 0.15) is 21.5 Å². The normalized spacial score (nSPS) is 13.2. The summed E-state index contributed by atoms with van der Waals surface area (Å²) in [6.07, 6.45) is 2.70. The summed E-state index contributed by atoms with van der Waals surface area (Å²) in [6, 6.07) is 21.8. The van der Waals surface area contributed by atoms with Crippen LogP contribution < -0.4 is 0 Å². The SMILES string of the molecule is O=C(O)c1ccc2c(c1)c1c(c3ccccc32)N=C(c2c[nH]c3ccccc23)C1. The molecule has 0 aliphatic carbocycles. The van der Waals surface area contributed by atoms with Crippen molar-refractivity contribution >= 4 is 49.8 Å². The van der Waals surface area contributed by atoms with Gasteiger partial charge in [0, 0.05) is 34.5 Å². The molecule has 0 saturated carbocycles. The quantitative estimate of drug-likeness (QED) is 0.380. The lowest BCUT2D eigenvalue weighted by atomic mass is 9.92. The van der Waals surface area contributed by atoms with Crippen LogP contribution in [0.3, 0.4) is 0 Å². The van der Waals surface area contributed by atoms with Crippen molar-refractivity contribution in [3.05, 3.63) is 89.6 Å². The Morgan fingerprint density at radius 2 is 1.59 bits per heavy atom. The first-order valence-corrected chi connectivity index (χ1v) is 9.55. The second-order valence-electron chi connectivity index (χ2n) is 7.42. The maximum Gasteiger partial charge on any atom is 0.335 e. The van der Waals surface area contributed by atoms with Gasteiger partial charge in [-0.2, -0.15) is 0 Å². The zero-order valence-electron chi connectivity index (χ0n) is 15.4. The van der Waals surface area contributed by atoms with Crippen LogP contribution in [0.2, 0.25) is 0 Å².